The van der Waals surface area contributed by atoms with Gasteiger partial charge in [0, 0.05) is 11.0 Å². The molecule has 0 saturated carbocycles. The van der Waals surface area contributed by atoms with Crippen molar-refractivity contribution >= 4 is 44.3 Å². The SMILES string of the molecule is CCOC(=O)c1ccc(S(=O)(=O)NCCCCN)c(Br)c1.Cl. The smallest absolute Gasteiger partial charge is 0.338 e. The van der Waals surface area contributed by atoms with E-state index in [0.29, 0.717) is 29.5 Å². The van der Waals surface area contributed by atoms with E-state index in [2.05, 4.69) is 20.7 Å². The summed E-state index contributed by atoms with van der Waals surface area (Å²) in [6.45, 7) is 2.82. The number of esters is 1. The minimum Gasteiger partial charge on any atom is -0.462 e. The van der Waals surface area contributed by atoms with Gasteiger partial charge in [-0.15, -0.1) is 12.4 Å². The van der Waals surface area contributed by atoms with Crippen molar-refractivity contribution in [3.63, 3.8) is 0 Å². The molecule has 0 radical (unpaired) electrons. The zero-order valence-electron chi connectivity index (χ0n) is 12.2. The van der Waals surface area contributed by atoms with Crippen LogP contribution in [0.15, 0.2) is 27.6 Å². The highest BCUT2D eigenvalue weighted by Crippen LogP contribution is 2.23. The van der Waals surface area contributed by atoms with Crippen LogP contribution in [0.4, 0.5) is 0 Å². The maximum atomic E-state index is 12.1. The molecule has 0 unspecified atom stereocenters. The Morgan fingerprint density at radius 1 is 1.36 bits per heavy atom. The highest BCUT2D eigenvalue weighted by molar-refractivity contribution is 9.10. The highest BCUT2D eigenvalue weighted by atomic mass is 79.9. The molecule has 1 rings (SSSR count). The van der Waals surface area contributed by atoms with E-state index in [9.17, 15) is 13.2 Å². The Morgan fingerprint density at radius 2 is 2.05 bits per heavy atom. The van der Waals surface area contributed by atoms with Gasteiger partial charge in [0.2, 0.25) is 10.0 Å². The first-order valence-corrected chi connectivity index (χ1v) is 8.86. The van der Waals surface area contributed by atoms with Crippen molar-refractivity contribution in [2.75, 3.05) is 19.7 Å². The molecule has 0 amide bonds. The molecule has 6 nitrogen and oxygen atoms in total. The Kier molecular flexibility index (Phi) is 9.86. The lowest BCUT2D eigenvalue weighted by Crippen LogP contribution is -2.25. The molecule has 9 heteroatoms. The lowest BCUT2D eigenvalue weighted by Gasteiger charge is -2.09. The summed E-state index contributed by atoms with van der Waals surface area (Å²) in [6, 6.07) is 4.24. The third-order valence-electron chi connectivity index (χ3n) is 2.66. The summed E-state index contributed by atoms with van der Waals surface area (Å²) in [6.07, 6.45) is 1.43. The van der Waals surface area contributed by atoms with Gasteiger partial charge in [-0.05, 0) is 60.4 Å². The van der Waals surface area contributed by atoms with Crippen molar-refractivity contribution in [1.29, 1.82) is 0 Å². The van der Waals surface area contributed by atoms with Crippen LogP contribution >= 0.6 is 28.3 Å². The number of nitrogens with two attached hydrogens (primary N) is 1. The second-order valence-electron chi connectivity index (χ2n) is 4.26. The van der Waals surface area contributed by atoms with Crippen molar-refractivity contribution in [2.45, 2.75) is 24.7 Å². The molecular weight excluding hydrogens is 396 g/mol. The zero-order chi connectivity index (χ0) is 15.9. The standard InChI is InChI=1S/C13H19BrN2O4S.ClH/c1-2-20-13(17)10-5-6-12(11(14)9-10)21(18,19)16-8-4-3-7-15;/h5-6,9,16H,2-4,7-8,15H2,1H3;1H. The summed E-state index contributed by atoms with van der Waals surface area (Å²) >= 11 is 3.18. The molecule has 0 aliphatic carbocycles. The summed E-state index contributed by atoms with van der Waals surface area (Å²) in [4.78, 5) is 11.7. The number of carbonyl (C=O) groups excluding carboxylic acids is 1. The Balaban J connectivity index is 0.00000441. The topological polar surface area (TPSA) is 98.5 Å². The molecule has 3 N–H and O–H groups in total. The first-order chi connectivity index (χ1) is 9.92. The van der Waals surface area contributed by atoms with Gasteiger partial charge < -0.3 is 10.5 Å². The van der Waals surface area contributed by atoms with Crippen LogP contribution in [0.3, 0.4) is 0 Å². The minimum atomic E-state index is -3.62. The second-order valence-corrected chi connectivity index (χ2v) is 6.85. The Labute approximate surface area is 145 Å². The molecule has 0 aromatic heterocycles. The molecule has 1 aromatic rings. The molecular formula is C13H20BrClN2O4S. The quantitative estimate of drug-likeness (QED) is 0.500. The van der Waals surface area contributed by atoms with Gasteiger partial charge in [0.15, 0.2) is 0 Å². The van der Waals surface area contributed by atoms with Gasteiger partial charge in [-0.25, -0.2) is 17.9 Å². The predicted molar refractivity (Wildman–Crippen MR) is 90.8 cm³/mol. The lowest BCUT2D eigenvalue weighted by molar-refractivity contribution is 0.0526. The van der Waals surface area contributed by atoms with E-state index in [1.54, 1.807) is 6.92 Å². The number of halogens is 2. The number of unbranched alkanes of at least 4 members (excludes halogenated alkanes) is 1. The maximum absolute atomic E-state index is 12.1. The van der Waals surface area contributed by atoms with E-state index in [0.717, 1.165) is 6.42 Å². The normalized spacial score (nSPS) is 10.9. The molecule has 22 heavy (non-hydrogen) atoms. The summed E-state index contributed by atoms with van der Waals surface area (Å²) in [5, 5.41) is 0. The molecule has 0 aliphatic heterocycles. The van der Waals surface area contributed by atoms with E-state index in [4.69, 9.17) is 10.5 Å². The van der Waals surface area contributed by atoms with Gasteiger partial charge >= 0.3 is 5.97 Å². The Morgan fingerprint density at radius 3 is 2.59 bits per heavy atom. The fraction of sp³-hybridized carbons (Fsp3) is 0.462. The van der Waals surface area contributed by atoms with E-state index >= 15 is 0 Å². The van der Waals surface area contributed by atoms with Crippen molar-refractivity contribution in [2.24, 2.45) is 5.73 Å². The Bertz CT molecular complexity index is 596. The number of sulfonamides is 1. The van der Waals surface area contributed by atoms with Crippen molar-refractivity contribution in [3.8, 4) is 0 Å². The lowest BCUT2D eigenvalue weighted by atomic mass is 10.2. The minimum absolute atomic E-state index is 0. The van der Waals surface area contributed by atoms with Crippen LogP contribution in [0.1, 0.15) is 30.1 Å². The summed E-state index contributed by atoms with van der Waals surface area (Å²) in [7, 11) is -3.62. The van der Waals surface area contributed by atoms with Gasteiger partial charge in [0.25, 0.3) is 0 Å². The number of carbonyl (C=O) groups is 1. The third kappa shape index (κ3) is 6.21. The molecule has 0 atom stereocenters. The summed E-state index contributed by atoms with van der Waals surface area (Å²) in [5.74, 6) is -0.488. The number of benzene rings is 1. The molecule has 1 aromatic carbocycles. The first kappa shape index (κ1) is 21.3. The number of ether oxygens (including phenoxy) is 1. The van der Waals surface area contributed by atoms with E-state index in [-0.39, 0.29) is 23.9 Å². The average molecular weight is 416 g/mol. The largest absolute Gasteiger partial charge is 0.462 e. The van der Waals surface area contributed by atoms with Crippen LogP contribution in [0.25, 0.3) is 0 Å². The summed E-state index contributed by atoms with van der Waals surface area (Å²) in [5.41, 5.74) is 5.65. The molecule has 0 aliphatic rings. The van der Waals surface area contributed by atoms with Crippen molar-refractivity contribution in [1.82, 2.24) is 4.72 Å². The molecule has 0 spiro atoms. The van der Waals surface area contributed by atoms with Gasteiger partial charge in [0.1, 0.15) is 0 Å². The molecule has 0 fully saturated rings. The number of rotatable bonds is 8. The van der Waals surface area contributed by atoms with Crippen molar-refractivity contribution in [3.05, 3.63) is 28.2 Å². The summed E-state index contributed by atoms with van der Waals surface area (Å²) < 4.78 is 31.9. The third-order valence-corrected chi connectivity index (χ3v) is 5.09. The molecule has 126 valence electrons. The second kappa shape index (κ2) is 10.2. The fourth-order valence-corrected chi connectivity index (χ4v) is 3.76. The monoisotopic (exact) mass is 414 g/mol. The van der Waals surface area contributed by atoms with Gasteiger partial charge in [-0.1, -0.05) is 0 Å². The van der Waals surface area contributed by atoms with Gasteiger partial charge in [-0.3, -0.25) is 0 Å². The van der Waals surface area contributed by atoms with Crippen LogP contribution in [0, 0.1) is 0 Å². The molecule has 0 bridgehead atoms. The van der Waals surface area contributed by atoms with Crippen molar-refractivity contribution < 1.29 is 17.9 Å². The van der Waals surface area contributed by atoms with Crippen LogP contribution in [0.2, 0.25) is 0 Å². The van der Waals surface area contributed by atoms with E-state index < -0.39 is 16.0 Å². The van der Waals surface area contributed by atoms with Crippen LogP contribution < -0.4 is 10.5 Å². The van der Waals surface area contributed by atoms with E-state index in [1.807, 2.05) is 0 Å². The van der Waals surface area contributed by atoms with Gasteiger partial charge in [-0.2, -0.15) is 0 Å². The average Bonchev–Trinajstić information content (AvgIpc) is 2.43. The fourth-order valence-electron chi connectivity index (χ4n) is 1.61. The van der Waals surface area contributed by atoms with E-state index in [1.165, 1.54) is 18.2 Å². The van der Waals surface area contributed by atoms with Crippen LogP contribution in [-0.4, -0.2) is 34.1 Å². The number of hydrogen-bond acceptors (Lipinski definition) is 5. The van der Waals surface area contributed by atoms with Gasteiger partial charge in [0.05, 0.1) is 17.1 Å². The van der Waals surface area contributed by atoms with Crippen LogP contribution in [-0.2, 0) is 14.8 Å². The van der Waals surface area contributed by atoms with Crippen LogP contribution in [0.5, 0.6) is 0 Å². The highest BCUT2D eigenvalue weighted by Gasteiger charge is 2.19. The zero-order valence-corrected chi connectivity index (χ0v) is 15.4. The number of nitrogens with one attached hydrogen (secondary N) is 1. The number of hydrogen-bond donors (Lipinski definition) is 2. The first-order valence-electron chi connectivity index (χ1n) is 6.58. The maximum Gasteiger partial charge on any atom is 0.338 e. The Hall–Kier alpha value is -0.670. The molecule has 0 saturated heterocycles. The predicted octanol–water partition coefficient (Wildman–Crippen LogP) is 2.06. The molecule has 0 heterocycles.